The van der Waals surface area contributed by atoms with E-state index in [1.807, 2.05) is 24.4 Å². The van der Waals surface area contributed by atoms with E-state index >= 15 is 0 Å². The number of ether oxygens (including phenoxy) is 1. The molecule has 1 aromatic heterocycles. The zero-order valence-corrected chi connectivity index (χ0v) is 14.0. The van der Waals surface area contributed by atoms with Gasteiger partial charge in [-0.3, -0.25) is 4.79 Å². The number of benzene rings is 1. The molecule has 0 saturated carbocycles. The number of hydrogen-bond donors (Lipinski definition) is 1. The fourth-order valence-corrected chi connectivity index (χ4v) is 4.85. The maximum atomic E-state index is 12.5. The standard InChI is InChI=1S/C16H20N2O4S/c1-18(12-6-7-23(20,21)10-12)15(19)8-11-9-17-16-13(11)4-3-5-14(16)22-2/h3-5,9,12,17H,6-8,10H2,1-2H3. The van der Waals surface area contributed by atoms with Crippen LogP contribution in [0, 0.1) is 0 Å². The number of aromatic amines is 1. The van der Waals surface area contributed by atoms with Crippen LogP contribution in [0.3, 0.4) is 0 Å². The number of hydrogen-bond acceptors (Lipinski definition) is 4. The first kappa shape index (κ1) is 15.9. The molecule has 1 atom stereocenters. The van der Waals surface area contributed by atoms with Gasteiger partial charge in [-0.05, 0) is 18.1 Å². The molecule has 0 radical (unpaired) electrons. The number of aromatic nitrogens is 1. The average molecular weight is 336 g/mol. The molecule has 3 rings (SSSR count). The van der Waals surface area contributed by atoms with E-state index in [9.17, 15) is 13.2 Å². The van der Waals surface area contributed by atoms with Crippen LogP contribution in [-0.2, 0) is 21.1 Å². The summed E-state index contributed by atoms with van der Waals surface area (Å²) < 4.78 is 28.5. The van der Waals surface area contributed by atoms with E-state index in [4.69, 9.17) is 4.74 Å². The number of fused-ring (bicyclic) bond motifs is 1. The monoisotopic (exact) mass is 336 g/mol. The third-order valence-corrected chi connectivity index (χ3v) is 6.22. The number of H-pyrrole nitrogens is 1. The first-order valence-electron chi connectivity index (χ1n) is 7.50. The van der Waals surface area contributed by atoms with Crippen LogP contribution < -0.4 is 4.74 Å². The highest BCUT2D eigenvalue weighted by Crippen LogP contribution is 2.27. The molecule has 124 valence electrons. The Bertz CT molecular complexity index is 841. The van der Waals surface area contributed by atoms with Gasteiger partial charge in [-0.2, -0.15) is 0 Å². The predicted octanol–water partition coefficient (Wildman–Crippen LogP) is 1.36. The Morgan fingerprint density at radius 2 is 2.22 bits per heavy atom. The van der Waals surface area contributed by atoms with E-state index in [-0.39, 0.29) is 29.9 Å². The van der Waals surface area contributed by atoms with Gasteiger partial charge in [-0.15, -0.1) is 0 Å². The molecule has 2 aromatic rings. The number of likely N-dealkylation sites (N-methyl/N-ethyl adjacent to an activating group) is 1. The van der Waals surface area contributed by atoms with E-state index in [0.717, 1.165) is 22.2 Å². The second-order valence-electron chi connectivity index (χ2n) is 5.94. The number of amides is 1. The van der Waals surface area contributed by atoms with Gasteiger partial charge in [0.1, 0.15) is 5.75 Å². The molecule has 1 fully saturated rings. The van der Waals surface area contributed by atoms with Gasteiger partial charge in [0.25, 0.3) is 0 Å². The number of rotatable bonds is 4. The van der Waals surface area contributed by atoms with Crippen molar-refractivity contribution in [3.8, 4) is 5.75 Å². The van der Waals surface area contributed by atoms with Crippen molar-refractivity contribution >= 4 is 26.6 Å². The lowest BCUT2D eigenvalue weighted by atomic mass is 10.1. The van der Waals surface area contributed by atoms with Crippen molar-refractivity contribution in [2.24, 2.45) is 0 Å². The normalized spacial score (nSPS) is 19.8. The Morgan fingerprint density at radius 1 is 1.43 bits per heavy atom. The first-order valence-corrected chi connectivity index (χ1v) is 9.32. The van der Waals surface area contributed by atoms with Crippen LogP contribution in [0.4, 0.5) is 0 Å². The van der Waals surface area contributed by atoms with Crippen molar-refractivity contribution in [3.63, 3.8) is 0 Å². The number of para-hydroxylation sites is 1. The van der Waals surface area contributed by atoms with Crippen molar-refractivity contribution in [1.82, 2.24) is 9.88 Å². The third kappa shape index (κ3) is 3.06. The van der Waals surface area contributed by atoms with E-state index in [1.54, 1.807) is 19.1 Å². The number of nitrogens with zero attached hydrogens (tertiary/aromatic N) is 1. The van der Waals surface area contributed by atoms with Crippen LogP contribution in [0.2, 0.25) is 0 Å². The Balaban J connectivity index is 1.78. The largest absolute Gasteiger partial charge is 0.495 e. The lowest BCUT2D eigenvalue weighted by Crippen LogP contribution is -2.38. The van der Waals surface area contributed by atoms with Crippen LogP contribution in [0.15, 0.2) is 24.4 Å². The summed E-state index contributed by atoms with van der Waals surface area (Å²) in [6, 6.07) is 5.47. The quantitative estimate of drug-likeness (QED) is 0.914. The second-order valence-corrected chi connectivity index (χ2v) is 8.16. The van der Waals surface area contributed by atoms with Gasteiger partial charge in [-0.1, -0.05) is 12.1 Å². The Labute approximate surface area is 135 Å². The number of nitrogens with one attached hydrogen (secondary N) is 1. The highest BCUT2D eigenvalue weighted by molar-refractivity contribution is 7.91. The van der Waals surface area contributed by atoms with Gasteiger partial charge in [0.2, 0.25) is 5.91 Å². The molecule has 1 aliphatic heterocycles. The number of sulfone groups is 1. The zero-order valence-electron chi connectivity index (χ0n) is 13.2. The van der Waals surface area contributed by atoms with Gasteiger partial charge in [0, 0.05) is 24.7 Å². The number of carbonyl (C=O) groups excluding carboxylic acids is 1. The summed E-state index contributed by atoms with van der Waals surface area (Å²) in [7, 11) is 0.293. The fraction of sp³-hybridized carbons (Fsp3) is 0.438. The topological polar surface area (TPSA) is 79.5 Å². The highest BCUT2D eigenvalue weighted by atomic mass is 32.2. The number of methoxy groups -OCH3 is 1. The van der Waals surface area contributed by atoms with E-state index in [0.29, 0.717) is 6.42 Å². The van der Waals surface area contributed by atoms with Gasteiger partial charge >= 0.3 is 0 Å². The van der Waals surface area contributed by atoms with Crippen LogP contribution in [-0.4, -0.2) is 55.9 Å². The lowest BCUT2D eigenvalue weighted by Gasteiger charge is -2.23. The molecule has 0 spiro atoms. The Kier molecular flexibility index (Phi) is 4.06. The maximum absolute atomic E-state index is 12.5. The molecule has 1 unspecified atom stereocenters. The van der Waals surface area contributed by atoms with Crippen LogP contribution in [0.1, 0.15) is 12.0 Å². The van der Waals surface area contributed by atoms with Crippen molar-refractivity contribution in [1.29, 1.82) is 0 Å². The van der Waals surface area contributed by atoms with Crippen molar-refractivity contribution < 1.29 is 17.9 Å². The van der Waals surface area contributed by atoms with Gasteiger partial charge < -0.3 is 14.6 Å². The molecule has 7 heteroatoms. The minimum absolute atomic E-state index is 0.0664. The molecule has 1 aliphatic rings. The van der Waals surface area contributed by atoms with E-state index in [1.165, 1.54) is 0 Å². The SMILES string of the molecule is COc1cccc2c(CC(=O)N(C)C3CCS(=O)(=O)C3)c[nH]c12. The first-order chi connectivity index (χ1) is 10.9. The Morgan fingerprint density at radius 3 is 2.87 bits per heavy atom. The smallest absolute Gasteiger partial charge is 0.227 e. The minimum atomic E-state index is -3.00. The summed E-state index contributed by atoms with van der Waals surface area (Å²) in [5.41, 5.74) is 1.75. The zero-order chi connectivity index (χ0) is 16.6. The second kappa shape index (κ2) is 5.88. The van der Waals surface area contributed by atoms with Crippen molar-refractivity contribution in [3.05, 3.63) is 30.0 Å². The summed E-state index contributed by atoms with van der Waals surface area (Å²) >= 11 is 0. The molecular weight excluding hydrogens is 316 g/mol. The van der Waals surface area contributed by atoms with E-state index in [2.05, 4.69) is 4.98 Å². The van der Waals surface area contributed by atoms with Crippen LogP contribution in [0.5, 0.6) is 5.75 Å². The van der Waals surface area contributed by atoms with Gasteiger partial charge in [-0.25, -0.2) is 8.42 Å². The predicted molar refractivity (Wildman–Crippen MR) is 88.4 cm³/mol. The summed E-state index contributed by atoms with van der Waals surface area (Å²) in [6.45, 7) is 0. The molecule has 23 heavy (non-hydrogen) atoms. The molecule has 1 amide bonds. The molecule has 6 nitrogen and oxygen atoms in total. The molecule has 1 saturated heterocycles. The fourth-order valence-electron chi connectivity index (χ4n) is 3.07. The maximum Gasteiger partial charge on any atom is 0.227 e. The summed E-state index contributed by atoms with van der Waals surface area (Å²) in [6.07, 6.45) is 2.57. The van der Waals surface area contributed by atoms with Crippen LogP contribution in [0.25, 0.3) is 10.9 Å². The van der Waals surface area contributed by atoms with Gasteiger partial charge in [0.05, 0.1) is 30.6 Å². The van der Waals surface area contributed by atoms with Crippen molar-refractivity contribution in [2.45, 2.75) is 18.9 Å². The van der Waals surface area contributed by atoms with Gasteiger partial charge in [0.15, 0.2) is 9.84 Å². The summed E-state index contributed by atoms with van der Waals surface area (Å²) in [5, 5.41) is 0.949. The molecule has 2 heterocycles. The summed E-state index contributed by atoms with van der Waals surface area (Å²) in [5.74, 6) is 0.892. The lowest BCUT2D eigenvalue weighted by molar-refractivity contribution is -0.130. The molecule has 1 aromatic carbocycles. The molecular formula is C16H20N2O4S. The van der Waals surface area contributed by atoms with E-state index < -0.39 is 9.84 Å². The molecule has 0 bridgehead atoms. The molecule has 1 N–H and O–H groups in total. The average Bonchev–Trinajstić information content (AvgIpc) is 3.09. The minimum Gasteiger partial charge on any atom is -0.495 e. The Hall–Kier alpha value is -2.02. The number of carbonyl (C=O) groups is 1. The molecule has 0 aliphatic carbocycles. The highest BCUT2D eigenvalue weighted by Gasteiger charge is 2.32. The van der Waals surface area contributed by atoms with Crippen molar-refractivity contribution in [2.75, 3.05) is 25.7 Å². The third-order valence-electron chi connectivity index (χ3n) is 4.47. The van der Waals surface area contributed by atoms with Crippen LogP contribution >= 0.6 is 0 Å². The summed E-state index contributed by atoms with van der Waals surface area (Å²) in [4.78, 5) is 17.2.